The molecular formula is C20H24N4O3. The zero-order valence-electron chi connectivity index (χ0n) is 15.7. The van der Waals surface area contributed by atoms with Crippen molar-refractivity contribution in [3.8, 4) is 0 Å². The number of carbonyl (C=O) groups excluding carboxylic acids is 2. The van der Waals surface area contributed by atoms with Gasteiger partial charge in [-0.15, -0.1) is 0 Å². The second-order valence-corrected chi connectivity index (χ2v) is 7.35. The fraction of sp³-hybridized carbons (Fsp3) is 0.450. The second kappa shape index (κ2) is 7.06. The molecule has 2 aromatic rings. The van der Waals surface area contributed by atoms with Gasteiger partial charge in [-0.3, -0.25) is 14.5 Å². The van der Waals surface area contributed by atoms with Crippen molar-refractivity contribution < 1.29 is 14.1 Å². The molecule has 1 aromatic heterocycles. The third kappa shape index (κ3) is 3.54. The molecule has 0 saturated carbocycles. The number of hydrogen-bond donors (Lipinski definition) is 0. The first-order valence-corrected chi connectivity index (χ1v) is 9.35. The molecule has 0 aliphatic carbocycles. The van der Waals surface area contributed by atoms with E-state index in [-0.39, 0.29) is 24.2 Å². The van der Waals surface area contributed by atoms with Crippen molar-refractivity contribution in [3.63, 3.8) is 0 Å². The molecule has 3 heterocycles. The van der Waals surface area contributed by atoms with Gasteiger partial charge in [0.15, 0.2) is 5.82 Å². The number of amides is 2. The average Bonchev–Trinajstić information content (AvgIpc) is 3.27. The third-order valence-electron chi connectivity index (χ3n) is 5.32. The Balaban J connectivity index is 1.36. The molecule has 7 heteroatoms. The van der Waals surface area contributed by atoms with Crippen LogP contribution in [0.4, 0.5) is 11.5 Å². The van der Waals surface area contributed by atoms with E-state index in [0.29, 0.717) is 31.2 Å². The van der Waals surface area contributed by atoms with Crippen LogP contribution in [0, 0.1) is 19.8 Å². The Labute approximate surface area is 158 Å². The van der Waals surface area contributed by atoms with E-state index in [4.69, 9.17) is 4.52 Å². The van der Waals surface area contributed by atoms with Gasteiger partial charge in [0.05, 0.1) is 5.92 Å². The molecule has 2 aliphatic rings. The maximum Gasteiger partial charge on any atom is 0.229 e. The SMILES string of the molecule is Cc1cccc(N2CCN(C(=O)C3CC(=O)N(c4cc(C)on4)C3)CC2)c1. The quantitative estimate of drug-likeness (QED) is 0.829. The summed E-state index contributed by atoms with van der Waals surface area (Å²) in [6.07, 6.45) is 0.239. The van der Waals surface area contributed by atoms with E-state index in [1.807, 2.05) is 4.90 Å². The number of anilines is 2. The number of hydrogen-bond acceptors (Lipinski definition) is 5. The van der Waals surface area contributed by atoms with E-state index in [2.05, 4.69) is 41.2 Å². The standard InChI is InChI=1S/C20H24N4O3/c1-14-4-3-5-17(10-14)22-6-8-23(9-7-22)20(26)16-12-19(25)24(13-16)18-11-15(2)27-21-18/h3-5,10-11,16H,6-9,12-13H2,1-2H3. The Kier molecular flexibility index (Phi) is 4.59. The maximum atomic E-state index is 12.9. The van der Waals surface area contributed by atoms with E-state index in [9.17, 15) is 9.59 Å². The number of aromatic nitrogens is 1. The molecule has 2 fully saturated rings. The van der Waals surface area contributed by atoms with Crippen LogP contribution in [0.25, 0.3) is 0 Å². The van der Waals surface area contributed by atoms with Gasteiger partial charge in [-0.1, -0.05) is 17.3 Å². The van der Waals surface area contributed by atoms with Crippen molar-refractivity contribution in [3.05, 3.63) is 41.7 Å². The molecule has 4 rings (SSSR count). The molecule has 1 aromatic carbocycles. The predicted molar refractivity (Wildman–Crippen MR) is 102 cm³/mol. The summed E-state index contributed by atoms with van der Waals surface area (Å²) in [5.41, 5.74) is 2.43. The van der Waals surface area contributed by atoms with Crippen LogP contribution in [-0.2, 0) is 9.59 Å². The summed E-state index contributed by atoms with van der Waals surface area (Å²) in [6, 6.07) is 10.2. The largest absolute Gasteiger partial charge is 0.368 e. The van der Waals surface area contributed by atoms with Crippen LogP contribution < -0.4 is 9.80 Å². The first-order chi connectivity index (χ1) is 13.0. The van der Waals surface area contributed by atoms with Crippen LogP contribution >= 0.6 is 0 Å². The summed E-state index contributed by atoms with van der Waals surface area (Å²) >= 11 is 0. The van der Waals surface area contributed by atoms with Crippen molar-refractivity contribution in [1.82, 2.24) is 10.1 Å². The summed E-state index contributed by atoms with van der Waals surface area (Å²) in [7, 11) is 0. The summed E-state index contributed by atoms with van der Waals surface area (Å²) in [5.74, 6) is 0.840. The number of carbonyl (C=O) groups is 2. The normalized spacial score (nSPS) is 20.4. The molecule has 0 spiro atoms. The smallest absolute Gasteiger partial charge is 0.229 e. The number of benzene rings is 1. The monoisotopic (exact) mass is 368 g/mol. The first kappa shape index (κ1) is 17.6. The minimum absolute atomic E-state index is 0.0648. The van der Waals surface area contributed by atoms with Gasteiger partial charge in [0.2, 0.25) is 11.8 Å². The summed E-state index contributed by atoms with van der Waals surface area (Å²) in [5, 5.41) is 3.90. The number of rotatable bonds is 3. The molecule has 0 bridgehead atoms. The van der Waals surface area contributed by atoms with Crippen molar-refractivity contribution in [2.45, 2.75) is 20.3 Å². The lowest BCUT2D eigenvalue weighted by molar-refractivity contribution is -0.136. The van der Waals surface area contributed by atoms with Crippen molar-refractivity contribution >= 4 is 23.3 Å². The molecule has 2 saturated heterocycles. The molecule has 1 atom stereocenters. The summed E-state index contributed by atoms with van der Waals surface area (Å²) < 4.78 is 5.05. The molecule has 0 N–H and O–H groups in total. The zero-order chi connectivity index (χ0) is 19.0. The highest BCUT2D eigenvalue weighted by Crippen LogP contribution is 2.27. The van der Waals surface area contributed by atoms with E-state index in [0.717, 1.165) is 13.1 Å². The van der Waals surface area contributed by atoms with Gasteiger partial charge in [0, 0.05) is 50.9 Å². The summed E-state index contributed by atoms with van der Waals surface area (Å²) in [4.78, 5) is 31.0. The Morgan fingerprint density at radius 2 is 1.93 bits per heavy atom. The van der Waals surface area contributed by atoms with Crippen molar-refractivity contribution in [2.75, 3.05) is 42.5 Å². The zero-order valence-corrected chi connectivity index (χ0v) is 15.7. The van der Waals surface area contributed by atoms with Crippen LogP contribution in [0.2, 0.25) is 0 Å². The fourth-order valence-electron chi connectivity index (χ4n) is 3.84. The van der Waals surface area contributed by atoms with Gasteiger partial charge < -0.3 is 14.3 Å². The van der Waals surface area contributed by atoms with Gasteiger partial charge in [0.1, 0.15) is 5.76 Å². The minimum Gasteiger partial charge on any atom is -0.368 e. The lowest BCUT2D eigenvalue weighted by Crippen LogP contribution is -2.50. The van der Waals surface area contributed by atoms with Gasteiger partial charge in [-0.2, -0.15) is 0 Å². The molecule has 2 aliphatic heterocycles. The van der Waals surface area contributed by atoms with E-state index in [1.54, 1.807) is 17.9 Å². The van der Waals surface area contributed by atoms with Crippen LogP contribution in [-0.4, -0.2) is 54.6 Å². The lowest BCUT2D eigenvalue weighted by Gasteiger charge is -2.37. The van der Waals surface area contributed by atoms with Gasteiger partial charge in [-0.05, 0) is 31.5 Å². The van der Waals surface area contributed by atoms with E-state index < -0.39 is 0 Å². The topological polar surface area (TPSA) is 69.9 Å². The maximum absolute atomic E-state index is 12.9. The Morgan fingerprint density at radius 1 is 1.15 bits per heavy atom. The highest BCUT2D eigenvalue weighted by atomic mass is 16.5. The van der Waals surface area contributed by atoms with Crippen LogP contribution in [0.15, 0.2) is 34.9 Å². The van der Waals surface area contributed by atoms with Crippen LogP contribution in [0.1, 0.15) is 17.7 Å². The van der Waals surface area contributed by atoms with Crippen LogP contribution in [0.5, 0.6) is 0 Å². The molecule has 2 amide bonds. The highest BCUT2D eigenvalue weighted by Gasteiger charge is 2.39. The Hall–Kier alpha value is -2.83. The highest BCUT2D eigenvalue weighted by molar-refractivity contribution is 5.99. The molecule has 0 radical (unpaired) electrons. The Morgan fingerprint density at radius 3 is 2.59 bits per heavy atom. The fourth-order valence-corrected chi connectivity index (χ4v) is 3.84. The van der Waals surface area contributed by atoms with Crippen molar-refractivity contribution in [2.24, 2.45) is 5.92 Å². The second-order valence-electron chi connectivity index (χ2n) is 7.35. The van der Waals surface area contributed by atoms with Crippen molar-refractivity contribution in [1.29, 1.82) is 0 Å². The molecule has 7 nitrogen and oxygen atoms in total. The molecule has 142 valence electrons. The molecule has 1 unspecified atom stereocenters. The van der Waals surface area contributed by atoms with Gasteiger partial charge in [0.25, 0.3) is 0 Å². The van der Waals surface area contributed by atoms with E-state index >= 15 is 0 Å². The molecular weight excluding hydrogens is 344 g/mol. The first-order valence-electron chi connectivity index (χ1n) is 9.35. The average molecular weight is 368 g/mol. The lowest BCUT2D eigenvalue weighted by atomic mass is 10.1. The number of nitrogens with zero attached hydrogens (tertiary/aromatic N) is 4. The molecule has 27 heavy (non-hydrogen) atoms. The predicted octanol–water partition coefficient (Wildman–Crippen LogP) is 1.99. The van der Waals surface area contributed by atoms with Gasteiger partial charge in [-0.25, -0.2) is 0 Å². The third-order valence-corrected chi connectivity index (χ3v) is 5.32. The number of aryl methyl sites for hydroxylation is 2. The van der Waals surface area contributed by atoms with Crippen LogP contribution in [0.3, 0.4) is 0 Å². The van der Waals surface area contributed by atoms with Gasteiger partial charge >= 0.3 is 0 Å². The Bertz CT molecular complexity index is 854. The minimum atomic E-state index is -0.306. The number of piperazine rings is 1. The van der Waals surface area contributed by atoms with E-state index in [1.165, 1.54) is 11.3 Å². The summed E-state index contributed by atoms with van der Waals surface area (Å²) in [6.45, 7) is 7.23.